The molecular weight excluding hydrogens is 202 g/mol. The first-order chi connectivity index (χ1) is 7.49. The van der Waals surface area contributed by atoms with Crippen molar-refractivity contribution in [2.75, 3.05) is 18.0 Å². The maximum Gasteiger partial charge on any atom is 0.323 e. The fourth-order valence-electron chi connectivity index (χ4n) is 1.48. The first kappa shape index (κ1) is 12.3. The number of aliphatic carboxylic acids is 1. The molecule has 0 amide bonds. The normalized spacial score (nSPS) is 9.88. The van der Waals surface area contributed by atoms with Gasteiger partial charge in [0.2, 0.25) is 0 Å². The molecule has 0 aliphatic rings. The average molecular weight is 219 g/mol. The molecule has 1 rings (SSSR count). The molecule has 0 saturated heterocycles. The molecule has 0 radical (unpaired) electrons. The van der Waals surface area contributed by atoms with Crippen LogP contribution in [0.1, 0.15) is 12.5 Å². The Morgan fingerprint density at radius 1 is 1.31 bits per heavy atom. The Labute approximate surface area is 96.0 Å². The van der Waals surface area contributed by atoms with E-state index in [4.69, 9.17) is 5.11 Å². The lowest BCUT2D eigenvalue weighted by atomic mass is 10.2. The van der Waals surface area contributed by atoms with Crippen LogP contribution < -0.4 is 4.90 Å². The molecule has 1 aromatic rings. The Kier molecular flexibility index (Phi) is 4.11. The van der Waals surface area contributed by atoms with E-state index in [1.807, 2.05) is 38.1 Å². The first-order valence-electron chi connectivity index (χ1n) is 5.17. The topological polar surface area (TPSA) is 40.5 Å². The molecule has 3 nitrogen and oxygen atoms in total. The van der Waals surface area contributed by atoms with Crippen molar-refractivity contribution in [1.29, 1.82) is 0 Å². The number of hydrogen-bond acceptors (Lipinski definition) is 2. The number of carboxylic acid groups (broad SMARTS) is 1. The Morgan fingerprint density at radius 3 is 2.31 bits per heavy atom. The Morgan fingerprint density at radius 2 is 1.88 bits per heavy atom. The molecule has 0 unspecified atom stereocenters. The number of carbonyl (C=O) groups is 1. The van der Waals surface area contributed by atoms with Gasteiger partial charge in [-0.3, -0.25) is 4.79 Å². The second-order valence-corrected chi connectivity index (χ2v) is 4.04. The number of carboxylic acids is 1. The third-order valence-electron chi connectivity index (χ3n) is 2.19. The summed E-state index contributed by atoms with van der Waals surface area (Å²) in [5.41, 5.74) is 3.02. The molecule has 16 heavy (non-hydrogen) atoms. The van der Waals surface area contributed by atoms with Crippen molar-refractivity contribution >= 4 is 11.7 Å². The van der Waals surface area contributed by atoms with Crippen LogP contribution in [0.3, 0.4) is 0 Å². The van der Waals surface area contributed by atoms with Gasteiger partial charge in [-0.1, -0.05) is 29.8 Å². The van der Waals surface area contributed by atoms with Gasteiger partial charge in [-0.25, -0.2) is 0 Å². The predicted molar refractivity (Wildman–Crippen MR) is 65.8 cm³/mol. The largest absolute Gasteiger partial charge is 0.480 e. The maximum absolute atomic E-state index is 10.8. The summed E-state index contributed by atoms with van der Waals surface area (Å²) >= 11 is 0. The highest BCUT2D eigenvalue weighted by Crippen LogP contribution is 2.15. The van der Waals surface area contributed by atoms with E-state index in [0.29, 0.717) is 6.54 Å². The minimum Gasteiger partial charge on any atom is -0.480 e. The Hall–Kier alpha value is -1.77. The molecule has 0 saturated carbocycles. The predicted octanol–water partition coefficient (Wildman–Crippen LogP) is 2.46. The van der Waals surface area contributed by atoms with Gasteiger partial charge < -0.3 is 10.0 Å². The van der Waals surface area contributed by atoms with Gasteiger partial charge in [-0.15, -0.1) is 0 Å². The third kappa shape index (κ3) is 3.77. The van der Waals surface area contributed by atoms with Crippen molar-refractivity contribution in [2.24, 2.45) is 0 Å². The molecule has 86 valence electrons. The van der Waals surface area contributed by atoms with Crippen molar-refractivity contribution in [3.05, 3.63) is 42.0 Å². The second-order valence-electron chi connectivity index (χ2n) is 4.04. The van der Waals surface area contributed by atoms with Crippen LogP contribution in [0.4, 0.5) is 5.69 Å². The standard InChI is InChI=1S/C13H17NO2/c1-10(2)8-14(9-13(15)16)12-6-4-11(3)5-7-12/h4-7H,1,8-9H2,2-3H3,(H,15,16). The molecule has 0 aliphatic heterocycles. The fourth-order valence-corrected chi connectivity index (χ4v) is 1.48. The van der Waals surface area contributed by atoms with E-state index in [1.54, 1.807) is 4.90 Å². The first-order valence-corrected chi connectivity index (χ1v) is 5.17. The van der Waals surface area contributed by atoms with E-state index in [2.05, 4.69) is 6.58 Å². The maximum atomic E-state index is 10.8. The minimum absolute atomic E-state index is 0.00405. The van der Waals surface area contributed by atoms with Crippen LogP contribution in [0.25, 0.3) is 0 Å². The molecule has 0 fully saturated rings. The highest BCUT2D eigenvalue weighted by Gasteiger charge is 2.10. The van der Waals surface area contributed by atoms with Crippen LogP contribution in [0.15, 0.2) is 36.4 Å². The quantitative estimate of drug-likeness (QED) is 0.773. The molecule has 0 aromatic heterocycles. The van der Waals surface area contributed by atoms with Crippen molar-refractivity contribution in [2.45, 2.75) is 13.8 Å². The van der Waals surface area contributed by atoms with Crippen LogP contribution >= 0.6 is 0 Å². The third-order valence-corrected chi connectivity index (χ3v) is 2.19. The zero-order valence-corrected chi connectivity index (χ0v) is 9.73. The SMILES string of the molecule is C=C(C)CN(CC(=O)O)c1ccc(C)cc1. The molecule has 3 heteroatoms. The molecule has 0 atom stereocenters. The van der Waals surface area contributed by atoms with E-state index in [0.717, 1.165) is 16.8 Å². The van der Waals surface area contributed by atoms with E-state index in [1.165, 1.54) is 0 Å². The summed E-state index contributed by atoms with van der Waals surface area (Å²) in [5.74, 6) is -0.832. The van der Waals surface area contributed by atoms with E-state index >= 15 is 0 Å². The van der Waals surface area contributed by atoms with E-state index in [-0.39, 0.29) is 6.54 Å². The molecular formula is C13H17NO2. The number of benzene rings is 1. The van der Waals surface area contributed by atoms with Crippen LogP contribution in [-0.4, -0.2) is 24.2 Å². The van der Waals surface area contributed by atoms with Crippen molar-refractivity contribution in [1.82, 2.24) is 0 Å². The molecule has 0 heterocycles. The summed E-state index contributed by atoms with van der Waals surface area (Å²) in [7, 11) is 0. The molecule has 0 bridgehead atoms. The molecule has 1 aromatic carbocycles. The average Bonchev–Trinajstić information content (AvgIpc) is 2.16. The zero-order chi connectivity index (χ0) is 12.1. The van der Waals surface area contributed by atoms with Crippen molar-refractivity contribution in [3.63, 3.8) is 0 Å². The van der Waals surface area contributed by atoms with Gasteiger partial charge in [-0.2, -0.15) is 0 Å². The summed E-state index contributed by atoms with van der Waals surface area (Å²) in [4.78, 5) is 12.6. The minimum atomic E-state index is -0.832. The lowest BCUT2D eigenvalue weighted by Crippen LogP contribution is -2.30. The molecule has 0 aliphatic carbocycles. The van der Waals surface area contributed by atoms with Crippen LogP contribution in [0.5, 0.6) is 0 Å². The lowest BCUT2D eigenvalue weighted by molar-refractivity contribution is -0.135. The summed E-state index contributed by atoms with van der Waals surface area (Å²) < 4.78 is 0. The Balaban J connectivity index is 2.86. The summed E-state index contributed by atoms with van der Waals surface area (Å²) in [5, 5.41) is 8.84. The smallest absolute Gasteiger partial charge is 0.323 e. The summed E-state index contributed by atoms with van der Waals surface area (Å²) in [6.45, 7) is 8.27. The van der Waals surface area contributed by atoms with Gasteiger partial charge in [0.25, 0.3) is 0 Å². The second kappa shape index (κ2) is 5.35. The van der Waals surface area contributed by atoms with Gasteiger partial charge in [-0.05, 0) is 26.0 Å². The number of anilines is 1. The zero-order valence-electron chi connectivity index (χ0n) is 9.73. The number of aryl methyl sites for hydroxylation is 1. The van der Waals surface area contributed by atoms with Gasteiger partial charge in [0.1, 0.15) is 6.54 Å². The van der Waals surface area contributed by atoms with Crippen LogP contribution in [-0.2, 0) is 4.79 Å². The fraction of sp³-hybridized carbons (Fsp3) is 0.308. The van der Waals surface area contributed by atoms with Crippen LogP contribution in [0.2, 0.25) is 0 Å². The van der Waals surface area contributed by atoms with E-state index in [9.17, 15) is 4.79 Å². The van der Waals surface area contributed by atoms with Crippen LogP contribution in [0, 0.1) is 6.92 Å². The van der Waals surface area contributed by atoms with Gasteiger partial charge in [0.15, 0.2) is 0 Å². The Bertz CT molecular complexity index is 365. The van der Waals surface area contributed by atoms with E-state index < -0.39 is 5.97 Å². The van der Waals surface area contributed by atoms with Crippen molar-refractivity contribution < 1.29 is 9.90 Å². The van der Waals surface area contributed by atoms with Gasteiger partial charge >= 0.3 is 5.97 Å². The number of hydrogen-bond donors (Lipinski definition) is 1. The van der Waals surface area contributed by atoms with Gasteiger partial charge in [0, 0.05) is 12.2 Å². The summed E-state index contributed by atoms with van der Waals surface area (Å²) in [6.07, 6.45) is 0. The lowest BCUT2D eigenvalue weighted by Gasteiger charge is -2.23. The monoisotopic (exact) mass is 219 g/mol. The van der Waals surface area contributed by atoms with Gasteiger partial charge in [0.05, 0.1) is 0 Å². The summed E-state index contributed by atoms with van der Waals surface area (Å²) in [6, 6.07) is 7.81. The highest BCUT2D eigenvalue weighted by molar-refractivity contribution is 5.74. The molecule has 0 spiro atoms. The molecule has 1 N–H and O–H groups in total. The van der Waals surface area contributed by atoms with Crippen molar-refractivity contribution in [3.8, 4) is 0 Å². The number of rotatable bonds is 5. The highest BCUT2D eigenvalue weighted by atomic mass is 16.4. The number of nitrogens with zero attached hydrogens (tertiary/aromatic N) is 1.